The first-order chi connectivity index (χ1) is 17.4. The summed E-state index contributed by atoms with van der Waals surface area (Å²) in [5.41, 5.74) is 5.14. The summed E-state index contributed by atoms with van der Waals surface area (Å²) in [6.45, 7) is 5.70. The Labute approximate surface area is 227 Å². The number of halogens is 1. The van der Waals surface area contributed by atoms with E-state index in [4.69, 9.17) is 5.73 Å². The van der Waals surface area contributed by atoms with Gasteiger partial charge in [0.05, 0.1) is 18.3 Å². The molecule has 2 heterocycles. The van der Waals surface area contributed by atoms with E-state index >= 15 is 0 Å². The number of rotatable bonds is 15. The number of nitrogens with two attached hydrogens (primary N) is 1. The molecule has 0 aliphatic rings. The summed E-state index contributed by atoms with van der Waals surface area (Å²) in [6.07, 6.45) is 2.67. The molecule has 0 saturated heterocycles. The zero-order valence-corrected chi connectivity index (χ0v) is 23.4. The van der Waals surface area contributed by atoms with Crippen molar-refractivity contribution in [3.05, 3.63) is 48.7 Å². The van der Waals surface area contributed by atoms with Gasteiger partial charge in [-0.1, -0.05) is 26.3 Å². The van der Waals surface area contributed by atoms with Crippen LogP contribution in [0.1, 0.15) is 66.9 Å². The second-order valence-corrected chi connectivity index (χ2v) is 11.4. The number of Topliss-reactive ketones (excluding diaryl/α,β-unsaturated/α-hetero) is 3. The summed E-state index contributed by atoms with van der Waals surface area (Å²) in [5, 5.41) is 2.59. The Bertz CT molecular complexity index is 1240. The number of carbonyl (C=O) groups is 5. The SMILES string of the molecule is Cc1nc(Br)sc1C(=O)N[C@@H](CCC(=O)C(N)=O)C(=O)Cc1cccn(CC(=O)CCCC(C)C)c1=O. The maximum Gasteiger partial charge on any atom is 0.284 e. The van der Waals surface area contributed by atoms with Gasteiger partial charge in [-0.15, -0.1) is 11.3 Å². The topological polar surface area (TPSA) is 158 Å². The quantitative estimate of drug-likeness (QED) is 0.300. The summed E-state index contributed by atoms with van der Waals surface area (Å²) >= 11 is 4.29. The Hall–Kier alpha value is -2.99. The molecule has 12 heteroatoms. The van der Waals surface area contributed by atoms with Gasteiger partial charge in [-0.05, 0) is 47.7 Å². The minimum absolute atomic E-state index is 0.0765. The molecule has 0 saturated carbocycles. The Morgan fingerprint density at radius 2 is 1.86 bits per heavy atom. The van der Waals surface area contributed by atoms with Gasteiger partial charge in [0.1, 0.15) is 4.88 Å². The Morgan fingerprint density at radius 3 is 2.46 bits per heavy atom. The normalized spacial score (nSPS) is 11.8. The summed E-state index contributed by atoms with van der Waals surface area (Å²) in [4.78, 5) is 78.5. The average molecular weight is 596 g/mol. The lowest BCUT2D eigenvalue weighted by atomic mass is 9.99. The second-order valence-electron chi connectivity index (χ2n) is 9.17. The summed E-state index contributed by atoms with van der Waals surface area (Å²) < 4.78 is 1.76. The smallest absolute Gasteiger partial charge is 0.284 e. The van der Waals surface area contributed by atoms with Crippen molar-refractivity contribution >= 4 is 56.4 Å². The molecule has 37 heavy (non-hydrogen) atoms. The number of thiazole rings is 1. The Kier molecular flexibility index (Phi) is 11.5. The zero-order chi connectivity index (χ0) is 27.7. The fourth-order valence-electron chi connectivity index (χ4n) is 3.64. The highest BCUT2D eigenvalue weighted by Crippen LogP contribution is 2.23. The molecule has 0 bridgehead atoms. The highest BCUT2D eigenvalue weighted by molar-refractivity contribution is 9.11. The van der Waals surface area contributed by atoms with Crippen LogP contribution >= 0.6 is 27.3 Å². The first kappa shape index (κ1) is 30.2. The Balaban J connectivity index is 2.17. The van der Waals surface area contributed by atoms with Crippen molar-refractivity contribution in [1.29, 1.82) is 0 Å². The summed E-state index contributed by atoms with van der Waals surface area (Å²) in [5.74, 6) is -2.69. The first-order valence-electron chi connectivity index (χ1n) is 11.9. The minimum atomic E-state index is -1.15. The molecule has 1 atom stereocenters. The van der Waals surface area contributed by atoms with Gasteiger partial charge in [-0.2, -0.15) is 0 Å². The highest BCUT2D eigenvalue weighted by atomic mass is 79.9. The number of ketones is 3. The lowest BCUT2D eigenvalue weighted by Crippen LogP contribution is -2.43. The molecule has 0 aromatic carbocycles. The van der Waals surface area contributed by atoms with E-state index in [9.17, 15) is 28.8 Å². The van der Waals surface area contributed by atoms with Gasteiger partial charge in [-0.3, -0.25) is 28.8 Å². The zero-order valence-electron chi connectivity index (χ0n) is 21.0. The van der Waals surface area contributed by atoms with Crippen LogP contribution in [-0.2, 0) is 32.1 Å². The molecular formula is C25H31BrN4O6S. The number of hydrogen-bond donors (Lipinski definition) is 2. The molecule has 0 fully saturated rings. The van der Waals surface area contributed by atoms with Gasteiger partial charge in [-0.25, -0.2) is 4.98 Å². The van der Waals surface area contributed by atoms with Crippen molar-refractivity contribution in [3.63, 3.8) is 0 Å². The van der Waals surface area contributed by atoms with Crippen LogP contribution in [-0.4, -0.2) is 44.8 Å². The van der Waals surface area contributed by atoms with Crippen molar-refractivity contribution in [3.8, 4) is 0 Å². The molecule has 10 nitrogen and oxygen atoms in total. The molecule has 2 rings (SSSR count). The summed E-state index contributed by atoms with van der Waals surface area (Å²) in [7, 11) is 0. The Morgan fingerprint density at radius 1 is 1.16 bits per heavy atom. The van der Waals surface area contributed by atoms with Gasteiger partial charge in [0, 0.05) is 31.0 Å². The number of primary amides is 1. The lowest BCUT2D eigenvalue weighted by Gasteiger charge is -2.17. The van der Waals surface area contributed by atoms with E-state index in [-0.39, 0.29) is 42.0 Å². The number of nitrogens with one attached hydrogen (secondary N) is 1. The highest BCUT2D eigenvalue weighted by Gasteiger charge is 2.26. The molecule has 2 aromatic rings. The molecule has 3 N–H and O–H groups in total. The number of aromatic nitrogens is 2. The third kappa shape index (κ3) is 9.43. The van der Waals surface area contributed by atoms with E-state index in [1.165, 1.54) is 16.8 Å². The van der Waals surface area contributed by atoms with Crippen LogP contribution in [0.25, 0.3) is 0 Å². The maximum absolute atomic E-state index is 13.2. The largest absolute Gasteiger partial charge is 0.363 e. The van der Waals surface area contributed by atoms with E-state index in [1.54, 1.807) is 13.0 Å². The van der Waals surface area contributed by atoms with E-state index < -0.39 is 35.0 Å². The van der Waals surface area contributed by atoms with Crippen molar-refractivity contribution in [2.45, 2.75) is 71.9 Å². The monoisotopic (exact) mass is 594 g/mol. The predicted octanol–water partition coefficient (Wildman–Crippen LogP) is 2.52. The number of amides is 2. The lowest BCUT2D eigenvalue weighted by molar-refractivity contribution is -0.136. The molecule has 0 aliphatic carbocycles. The molecule has 200 valence electrons. The van der Waals surface area contributed by atoms with Crippen LogP contribution < -0.4 is 16.6 Å². The predicted molar refractivity (Wildman–Crippen MR) is 142 cm³/mol. The van der Waals surface area contributed by atoms with Gasteiger partial charge in [0.25, 0.3) is 17.4 Å². The fourth-order valence-corrected chi connectivity index (χ4v) is 5.09. The van der Waals surface area contributed by atoms with Gasteiger partial charge in [0.15, 0.2) is 15.5 Å². The van der Waals surface area contributed by atoms with Crippen LogP contribution in [0, 0.1) is 12.8 Å². The molecule has 0 spiro atoms. The molecule has 0 unspecified atom stereocenters. The van der Waals surface area contributed by atoms with Crippen molar-refractivity contribution in [2.75, 3.05) is 0 Å². The van der Waals surface area contributed by atoms with Crippen LogP contribution in [0.5, 0.6) is 0 Å². The number of hydrogen-bond acceptors (Lipinski definition) is 8. The van der Waals surface area contributed by atoms with E-state index in [1.807, 2.05) is 0 Å². The van der Waals surface area contributed by atoms with Gasteiger partial charge < -0.3 is 15.6 Å². The van der Waals surface area contributed by atoms with Crippen LogP contribution in [0.4, 0.5) is 0 Å². The number of aryl methyl sites for hydroxylation is 1. The fraction of sp³-hybridized carbons (Fsp3) is 0.480. The van der Waals surface area contributed by atoms with Gasteiger partial charge in [0.2, 0.25) is 5.78 Å². The van der Waals surface area contributed by atoms with Crippen molar-refractivity contribution < 1.29 is 24.0 Å². The average Bonchev–Trinajstić information content (AvgIpc) is 3.16. The molecule has 2 amide bonds. The van der Waals surface area contributed by atoms with Gasteiger partial charge >= 0.3 is 0 Å². The van der Waals surface area contributed by atoms with E-state index in [0.29, 0.717) is 21.9 Å². The first-order valence-corrected chi connectivity index (χ1v) is 13.5. The maximum atomic E-state index is 13.2. The third-order valence-corrected chi connectivity index (χ3v) is 7.26. The van der Waals surface area contributed by atoms with E-state index in [0.717, 1.165) is 24.2 Å². The van der Waals surface area contributed by atoms with Crippen LogP contribution in [0.15, 0.2) is 27.0 Å². The molecule has 0 radical (unpaired) electrons. The molecule has 2 aromatic heterocycles. The number of pyridine rings is 1. The minimum Gasteiger partial charge on any atom is -0.363 e. The second kappa shape index (κ2) is 14.1. The third-order valence-electron chi connectivity index (χ3n) is 5.65. The van der Waals surface area contributed by atoms with Crippen LogP contribution in [0.2, 0.25) is 0 Å². The van der Waals surface area contributed by atoms with Crippen molar-refractivity contribution in [2.24, 2.45) is 11.7 Å². The standard InChI is InChI=1S/C25H31BrN4O6S/c1-14(2)6-4-8-17(31)13-30-11-5-7-16(24(30)36)12-20(33)18(9-10-19(32)22(27)34)29-23(35)21-15(3)28-25(26)37-21/h5,7,11,14,18H,4,6,8-10,12-13H2,1-3H3,(H2,27,34)(H,29,35)/t18-/m0/s1. The summed E-state index contributed by atoms with van der Waals surface area (Å²) in [6, 6.07) is 1.91. The molecular weight excluding hydrogens is 564 g/mol. The van der Waals surface area contributed by atoms with Crippen molar-refractivity contribution in [1.82, 2.24) is 14.9 Å². The van der Waals surface area contributed by atoms with Crippen LogP contribution in [0.3, 0.4) is 0 Å². The molecule has 0 aliphatic heterocycles. The number of nitrogens with zero attached hydrogens (tertiary/aromatic N) is 2. The number of carbonyl (C=O) groups excluding carboxylic acids is 5. The van der Waals surface area contributed by atoms with E-state index in [2.05, 4.69) is 40.1 Å².